The molecule has 38 heavy (non-hydrogen) atoms. The second kappa shape index (κ2) is 13.3. The number of carbonyl (C=O) groups is 2. The Labute approximate surface area is 217 Å². The van der Waals surface area contributed by atoms with Gasteiger partial charge in [-0.3, -0.25) is 9.88 Å². The molecule has 212 valence electrons. The van der Waals surface area contributed by atoms with Crippen LogP contribution >= 0.6 is 11.3 Å². The van der Waals surface area contributed by atoms with Gasteiger partial charge in [-0.05, 0) is 25.0 Å². The number of rotatable bonds is 5. The maximum absolute atomic E-state index is 10.6. The Hall–Kier alpha value is -2.82. The van der Waals surface area contributed by atoms with Crippen molar-refractivity contribution in [2.24, 2.45) is 0 Å². The topological polar surface area (TPSA) is 122 Å². The van der Waals surface area contributed by atoms with Gasteiger partial charge in [-0.15, -0.1) is 11.3 Å². The van der Waals surface area contributed by atoms with Crippen molar-refractivity contribution >= 4 is 23.3 Å². The van der Waals surface area contributed by atoms with E-state index in [1.165, 1.54) is 5.56 Å². The zero-order chi connectivity index (χ0) is 28.6. The van der Waals surface area contributed by atoms with Gasteiger partial charge in [-0.25, -0.2) is 14.6 Å². The van der Waals surface area contributed by atoms with Crippen LogP contribution in [0.4, 0.5) is 26.3 Å². The maximum atomic E-state index is 10.6. The van der Waals surface area contributed by atoms with Gasteiger partial charge in [0.1, 0.15) is 0 Å². The van der Waals surface area contributed by atoms with E-state index in [9.17, 15) is 26.3 Å². The first-order chi connectivity index (χ1) is 17.6. The van der Waals surface area contributed by atoms with Crippen LogP contribution in [0.3, 0.4) is 0 Å². The highest BCUT2D eigenvalue weighted by Crippen LogP contribution is 2.37. The molecule has 2 aliphatic rings. The smallest absolute Gasteiger partial charge is 0.475 e. The Morgan fingerprint density at radius 2 is 1.84 bits per heavy atom. The summed E-state index contributed by atoms with van der Waals surface area (Å²) in [6.07, 6.45) is -4.14. The van der Waals surface area contributed by atoms with Gasteiger partial charge in [0.2, 0.25) is 0 Å². The molecule has 0 amide bonds. The monoisotopic (exact) mass is 573 g/mol. The third-order valence-corrected chi connectivity index (χ3v) is 6.14. The predicted octanol–water partition coefficient (Wildman–Crippen LogP) is 4.06. The lowest BCUT2D eigenvalue weighted by Crippen LogP contribution is -2.33. The first kappa shape index (κ1) is 31.4. The van der Waals surface area contributed by atoms with Gasteiger partial charge >= 0.3 is 24.3 Å². The Bertz CT molecular complexity index is 1030. The Morgan fingerprint density at radius 3 is 2.34 bits per heavy atom. The molecule has 0 radical (unpaired) electrons. The lowest BCUT2D eigenvalue weighted by molar-refractivity contribution is -0.193. The van der Waals surface area contributed by atoms with E-state index in [2.05, 4.69) is 26.3 Å². The minimum atomic E-state index is -5.08. The molecule has 0 aliphatic carbocycles. The quantitative estimate of drug-likeness (QED) is 0.510. The minimum absolute atomic E-state index is 0.0229. The predicted molar refractivity (Wildman–Crippen MR) is 120 cm³/mol. The van der Waals surface area contributed by atoms with E-state index in [4.69, 9.17) is 29.3 Å². The number of aryl methyl sites for hydroxylation is 1. The van der Waals surface area contributed by atoms with Crippen LogP contribution in [-0.4, -0.2) is 80.8 Å². The zero-order valence-electron chi connectivity index (χ0n) is 20.0. The number of alkyl halides is 6. The van der Waals surface area contributed by atoms with E-state index in [1.54, 1.807) is 11.3 Å². The Kier molecular flexibility index (Phi) is 11.0. The van der Waals surface area contributed by atoms with E-state index >= 15 is 0 Å². The molecule has 2 N–H and O–H groups in total. The number of ether oxygens (including phenoxy) is 2. The highest BCUT2D eigenvalue weighted by atomic mass is 32.1. The molecule has 4 rings (SSSR count). The number of halogens is 6. The number of pyridine rings is 1. The van der Waals surface area contributed by atoms with Gasteiger partial charge in [0.25, 0.3) is 0 Å². The van der Waals surface area contributed by atoms with E-state index in [0.29, 0.717) is 13.2 Å². The Morgan fingerprint density at radius 1 is 1.21 bits per heavy atom. The summed E-state index contributed by atoms with van der Waals surface area (Å²) in [6, 6.07) is 4.13. The average Bonchev–Trinajstić information content (AvgIpc) is 3.53. The van der Waals surface area contributed by atoms with E-state index in [1.807, 2.05) is 25.4 Å². The van der Waals surface area contributed by atoms with Crippen molar-refractivity contribution in [2.75, 3.05) is 19.7 Å². The molecule has 0 aromatic carbocycles. The van der Waals surface area contributed by atoms with E-state index in [-0.39, 0.29) is 11.7 Å². The minimum Gasteiger partial charge on any atom is -0.475 e. The average molecular weight is 574 g/mol. The molecular formula is C22H25F6N3O6S. The van der Waals surface area contributed by atoms with Gasteiger partial charge < -0.3 is 19.7 Å². The Balaban J connectivity index is 0.000000301. The van der Waals surface area contributed by atoms with Gasteiger partial charge in [0, 0.05) is 43.8 Å². The van der Waals surface area contributed by atoms with Gasteiger partial charge in [-0.1, -0.05) is 6.07 Å². The summed E-state index contributed by atoms with van der Waals surface area (Å²) >= 11 is 1.67. The summed E-state index contributed by atoms with van der Waals surface area (Å²) in [5, 5.41) is 17.4. The van der Waals surface area contributed by atoms with E-state index in [0.717, 1.165) is 43.2 Å². The number of carboxylic acid groups (broad SMARTS) is 2. The summed E-state index contributed by atoms with van der Waals surface area (Å²) < 4.78 is 75.7. The van der Waals surface area contributed by atoms with E-state index < -0.39 is 24.3 Å². The van der Waals surface area contributed by atoms with Crippen LogP contribution in [0.1, 0.15) is 29.1 Å². The summed E-state index contributed by atoms with van der Waals surface area (Å²) in [6.45, 7) is 6.32. The first-order valence-corrected chi connectivity index (χ1v) is 11.9. The molecule has 0 bridgehead atoms. The fourth-order valence-corrected chi connectivity index (χ4v) is 4.28. The summed E-state index contributed by atoms with van der Waals surface area (Å²) in [5.74, 6) is -5.51. The lowest BCUT2D eigenvalue weighted by Gasteiger charge is -2.23. The van der Waals surface area contributed by atoms with Crippen LogP contribution in [-0.2, 0) is 32.2 Å². The summed E-state index contributed by atoms with van der Waals surface area (Å²) in [5.41, 5.74) is 2.27. The number of aromatic nitrogens is 2. The zero-order valence-corrected chi connectivity index (χ0v) is 20.8. The number of hydrogen-bond donors (Lipinski definition) is 2. The van der Waals surface area contributed by atoms with Crippen LogP contribution < -0.4 is 0 Å². The fraction of sp³-hybridized carbons (Fsp3) is 0.545. The second-order valence-corrected chi connectivity index (χ2v) is 9.48. The molecule has 2 aromatic rings. The van der Waals surface area contributed by atoms with Crippen LogP contribution in [0.5, 0.6) is 0 Å². The van der Waals surface area contributed by atoms with Gasteiger partial charge in [0.05, 0.1) is 35.6 Å². The highest BCUT2D eigenvalue weighted by molar-refractivity contribution is 7.09. The van der Waals surface area contributed by atoms with Crippen molar-refractivity contribution in [3.63, 3.8) is 0 Å². The van der Waals surface area contributed by atoms with Crippen molar-refractivity contribution in [2.45, 2.75) is 57.0 Å². The molecule has 4 heterocycles. The standard InChI is InChI=1S/C18H23N3O2S.2C2HF3O2/c1-14-20-16(12-24-14)10-22-17-7-18(23-11-17)4-6-21(13-18)9-15-3-2-5-19-8-15;2*3-2(4,5)1(6)7/h2-3,5,8,12,17H,4,6-7,9-11,13H2,1H3;2*(H,6,7)/t17-,18+;;/m1../s1. The molecule has 2 aliphatic heterocycles. The second-order valence-electron chi connectivity index (χ2n) is 8.42. The number of likely N-dealkylation sites (tertiary alicyclic amines) is 1. The molecule has 0 saturated carbocycles. The maximum Gasteiger partial charge on any atom is 0.490 e. The normalized spacial score (nSPS) is 21.4. The number of carboxylic acids is 2. The first-order valence-electron chi connectivity index (χ1n) is 11.0. The van der Waals surface area contributed by atoms with Crippen molar-refractivity contribution in [1.29, 1.82) is 0 Å². The van der Waals surface area contributed by atoms with Crippen LogP contribution in [0, 0.1) is 6.92 Å². The van der Waals surface area contributed by atoms with Crippen molar-refractivity contribution < 1.29 is 55.6 Å². The SMILES string of the molecule is Cc1nc(CO[C@H]2CO[C@@]3(CCN(Cc4cccnc4)C3)C2)cs1.O=C(O)C(F)(F)F.O=C(O)C(F)(F)F. The van der Waals surface area contributed by atoms with Crippen molar-refractivity contribution in [3.8, 4) is 0 Å². The van der Waals surface area contributed by atoms with Crippen molar-refractivity contribution in [1.82, 2.24) is 14.9 Å². The molecule has 2 atom stereocenters. The van der Waals surface area contributed by atoms with Gasteiger partial charge in [0.15, 0.2) is 0 Å². The van der Waals surface area contributed by atoms with Crippen molar-refractivity contribution in [3.05, 3.63) is 46.2 Å². The third kappa shape index (κ3) is 10.5. The number of nitrogens with zero attached hydrogens (tertiary/aromatic N) is 3. The molecule has 9 nitrogen and oxygen atoms in total. The van der Waals surface area contributed by atoms with Gasteiger partial charge in [-0.2, -0.15) is 26.3 Å². The molecule has 1 spiro atoms. The lowest BCUT2D eigenvalue weighted by atomic mass is 9.98. The van der Waals surface area contributed by atoms with Crippen LogP contribution in [0.2, 0.25) is 0 Å². The van der Waals surface area contributed by atoms with Crippen LogP contribution in [0.25, 0.3) is 0 Å². The third-order valence-electron chi connectivity index (χ3n) is 5.32. The number of thiazole rings is 1. The molecule has 16 heteroatoms. The molecule has 2 aromatic heterocycles. The molecule has 2 fully saturated rings. The molecule has 2 saturated heterocycles. The summed E-state index contributed by atoms with van der Waals surface area (Å²) in [7, 11) is 0. The highest BCUT2D eigenvalue weighted by Gasteiger charge is 2.46. The largest absolute Gasteiger partial charge is 0.490 e. The van der Waals surface area contributed by atoms with Crippen LogP contribution in [0.15, 0.2) is 29.9 Å². The number of aliphatic carboxylic acids is 2. The molecular weight excluding hydrogens is 548 g/mol. The summed E-state index contributed by atoms with van der Waals surface area (Å²) in [4.78, 5) is 28.9. The number of hydrogen-bond acceptors (Lipinski definition) is 8. The molecule has 0 unspecified atom stereocenters. The fourth-order valence-electron chi connectivity index (χ4n) is 3.68.